The first kappa shape index (κ1) is 12.6. The van der Waals surface area contributed by atoms with Gasteiger partial charge in [0.1, 0.15) is 11.3 Å². The fourth-order valence-electron chi connectivity index (χ4n) is 2.13. The number of hydrogen-bond donors (Lipinski definition) is 2. The average Bonchev–Trinajstić information content (AvgIpc) is 3.00. The summed E-state index contributed by atoms with van der Waals surface area (Å²) in [6.07, 6.45) is 1.75. The van der Waals surface area contributed by atoms with Crippen LogP contribution in [-0.2, 0) is 13.1 Å². The summed E-state index contributed by atoms with van der Waals surface area (Å²) in [5.74, 6) is 0.804. The van der Waals surface area contributed by atoms with Crippen LogP contribution in [0.4, 0.5) is 0 Å². The van der Waals surface area contributed by atoms with Crippen LogP contribution in [0, 0.1) is 0 Å². The first-order valence-corrected chi connectivity index (χ1v) is 6.48. The minimum absolute atomic E-state index is 0.701. The third-order valence-electron chi connectivity index (χ3n) is 3.14. The third-order valence-corrected chi connectivity index (χ3v) is 3.14. The van der Waals surface area contributed by atoms with Crippen LogP contribution in [0.2, 0.25) is 0 Å². The largest absolute Gasteiger partial charge is 0.494 e. The van der Waals surface area contributed by atoms with Crippen LogP contribution in [0.1, 0.15) is 11.4 Å². The molecule has 0 saturated carbocycles. The summed E-state index contributed by atoms with van der Waals surface area (Å²) in [6, 6.07) is 12.0. The molecule has 0 unspecified atom stereocenters. The summed E-state index contributed by atoms with van der Waals surface area (Å²) in [5, 5.41) is 11.2. The first-order valence-electron chi connectivity index (χ1n) is 6.48. The second-order valence-corrected chi connectivity index (χ2v) is 4.52. The number of H-pyrrole nitrogens is 1. The Bertz CT molecular complexity index is 694. The normalized spacial score (nSPS) is 10.8. The molecule has 102 valence electrons. The molecule has 3 rings (SSSR count). The highest BCUT2D eigenvalue weighted by Gasteiger charge is 2.04. The lowest BCUT2D eigenvalue weighted by molar-refractivity contribution is 0.418. The number of methoxy groups -OCH3 is 1. The Labute approximate surface area is 117 Å². The highest BCUT2D eigenvalue weighted by molar-refractivity contribution is 5.84. The molecule has 0 fully saturated rings. The predicted molar refractivity (Wildman–Crippen MR) is 77.4 cm³/mol. The Morgan fingerprint density at radius 3 is 2.90 bits per heavy atom. The second kappa shape index (κ2) is 5.71. The lowest BCUT2D eigenvalue weighted by Crippen LogP contribution is -2.14. The lowest BCUT2D eigenvalue weighted by Gasteiger charge is -2.07. The van der Waals surface area contributed by atoms with Crippen molar-refractivity contribution in [1.82, 2.24) is 20.5 Å². The van der Waals surface area contributed by atoms with Crippen molar-refractivity contribution in [2.75, 3.05) is 7.11 Å². The molecule has 0 spiro atoms. The zero-order chi connectivity index (χ0) is 13.8. The SMILES string of the molecule is COc1cccc2ccc(CNCc3ccn[nH]3)nc12. The fourth-order valence-corrected chi connectivity index (χ4v) is 2.13. The molecule has 3 aromatic rings. The Hall–Kier alpha value is -2.40. The number of fused-ring (bicyclic) bond motifs is 1. The van der Waals surface area contributed by atoms with Crippen molar-refractivity contribution in [2.24, 2.45) is 0 Å². The van der Waals surface area contributed by atoms with E-state index < -0.39 is 0 Å². The molecular weight excluding hydrogens is 252 g/mol. The van der Waals surface area contributed by atoms with Crippen LogP contribution >= 0.6 is 0 Å². The summed E-state index contributed by atoms with van der Waals surface area (Å²) < 4.78 is 5.35. The van der Waals surface area contributed by atoms with Crippen LogP contribution in [0.5, 0.6) is 5.75 Å². The standard InChI is InChI=1S/C15H16N4O/c1-20-14-4-2-3-11-5-6-12(18-15(11)14)9-16-10-13-7-8-17-19-13/h2-8,16H,9-10H2,1H3,(H,17,19). The second-order valence-electron chi connectivity index (χ2n) is 4.52. The molecule has 2 heterocycles. The van der Waals surface area contributed by atoms with Gasteiger partial charge in [0.2, 0.25) is 0 Å². The van der Waals surface area contributed by atoms with Gasteiger partial charge in [-0.2, -0.15) is 5.10 Å². The zero-order valence-corrected chi connectivity index (χ0v) is 11.3. The number of ether oxygens (including phenoxy) is 1. The predicted octanol–water partition coefficient (Wildman–Crippen LogP) is 2.26. The molecule has 0 saturated heterocycles. The van der Waals surface area contributed by atoms with Crippen LogP contribution in [0.15, 0.2) is 42.6 Å². The van der Waals surface area contributed by atoms with Crippen molar-refractivity contribution in [3.05, 3.63) is 54.0 Å². The summed E-state index contributed by atoms with van der Waals surface area (Å²) in [5.41, 5.74) is 2.95. The van der Waals surface area contributed by atoms with Crippen molar-refractivity contribution < 1.29 is 4.74 Å². The van der Waals surface area contributed by atoms with E-state index in [1.165, 1.54) is 0 Å². The molecule has 0 radical (unpaired) electrons. The van der Waals surface area contributed by atoms with Gasteiger partial charge in [-0.15, -0.1) is 0 Å². The number of nitrogens with one attached hydrogen (secondary N) is 2. The Morgan fingerprint density at radius 1 is 1.15 bits per heavy atom. The third kappa shape index (κ3) is 2.62. The Morgan fingerprint density at radius 2 is 2.10 bits per heavy atom. The molecule has 0 aliphatic rings. The number of rotatable bonds is 5. The van der Waals surface area contributed by atoms with Gasteiger partial charge in [0.15, 0.2) is 0 Å². The Kier molecular flexibility index (Phi) is 3.60. The first-order chi connectivity index (χ1) is 9.86. The Balaban J connectivity index is 1.75. The molecular formula is C15H16N4O. The van der Waals surface area contributed by atoms with Crippen molar-refractivity contribution in [3.63, 3.8) is 0 Å². The van der Waals surface area contributed by atoms with Gasteiger partial charge >= 0.3 is 0 Å². The molecule has 0 aliphatic heterocycles. The molecule has 1 aromatic carbocycles. The quantitative estimate of drug-likeness (QED) is 0.745. The molecule has 2 N–H and O–H groups in total. The summed E-state index contributed by atoms with van der Waals surface area (Å²) in [7, 11) is 1.67. The van der Waals surface area contributed by atoms with E-state index >= 15 is 0 Å². The van der Waals surface area contributed by atoms with Crippen molar-refractivity contribution in [2.45, 2.75) is 13.1 Å². The van der Waals surface area contributed by atoms with Crippen LogP contribution < -0.4 is 10.1 Å². The topological polar surface area (TPSA) is 62.8 Å². The number of pyridine rings is 1. The van der Waals surface area contributed by atoms with Crippen LogP contribution in [-0.4, -0.2) is 22.3 Å². The van der Waals surface area contributed by atoms with Gasteiger partial charge in [-0.1, -0.05) is 18.2 Å². The van der Waals surface area contributed by atoms with E-state index in [2.05, 4.69) is 26.6 Å². The van der Waals surface area contributed by atoms with Gasteiger partial charge in [-0.05, 0) is 18.2 Å². The van der Waals surface area contributed by atoms with Gasteiger partial charge in [0.05, 0.1) is 12.8 Å². The molecule has 5 nitrogen and oxygen atoms in total. The molecule has 0 amide bonds. The zero-order valence-electron chi connectivity index (χ0n) is 11.3. The molecule has 5 heteroatoms. The molecule has 0 aliphatic carbocycles. The summed E-state index contributed by atoms with van der Waals surface area (Å²) >= 11 is 0. The average molecular weight is 268 g/mol. The van der Waals surface area contributed by atoms with Crippen LogP contribution in [0.3, 0.4) is 0 Å². The van der Waals surface area contributed by atoms with Crippen molar-refractivity contribution in [3.8, 4) is 5.75 Å². The highest BCUT2D eigenvalue weighted by atomic mass is 16.5. The van der Waals surface area contributed by atoms with Crippen molar-refractivity contribution in [1.29, 1.82) is 0 Å². The summed E-state index contributed by atoms with van der Waals surface area (Å²) in [4.78, 5) is 4.65. The van der Waals surface area contributed by atoms with E-state index in [9.17, 15) is 0 Å². The maximum Gasteiger partial charge on any atom is 0.145 e. The number of hydrogen-bond acceptors (Lipinski definition) is 4. The van der Waals surface area contributed by atoms with E-state index in [0.717, 1.165) is 34.6 Å². The van der Waals surface area contributed by atoms with Crippen molar-refractivity contribution >= 4 is 10.9 Å². The van der Waals surface area contributed by atoms with Gasteiger partial charge < -0.3 is 10.1 Å². The number of aromatic amines is 1. The van der Waals surface area contributed by atoms with E-state index in [0.29, 0.717) is 6.54 Å². The summed E-state index contributed by atoms with van der Waals surface area (Å²) in [6.45, 7) is 1.44. The van der Waals surface area contributed by atoms with Gasteiger partial charge in [-0.25, -0.2) is 4.98 Å². The molecule has 20 heavy (non-hydrogen) atoms. The maximum absolute atomic E-state index is 5.35. The molecule has 0 atom stereocenters. The minimum Gasteiger partial charge on any atom is -0.494 e. The number of nitrogens with zero attached hydrogens (tertiary/aromatic N) is 2. The van der Waals surface area contributed by atoms with Crippen LogP contribution in [0.25, 0.3) is 10.9 Å². The number of para-hydroxylation sites is 1. The highest BCUT2D eigenvalue weighted by Crippen LogP contribution is 2.23. The van der Waals surface area contributed by atoms with E-state index in [1.54, 1.807) is 13.3 Å². The number of aromatic nitrogens is 3. The van der Waals surface area contributed by atoms with E-state index in [-0.39, 0.29) is 0 Å². The number of benzene rings is 1. The van der Waals surface area contributed by atoms with Gasteiger partial charge in [0, 0.05) is 30.4 Å². The van der Waals surface area contributed by atoms with Gasteiger partial charge in [0.25, 0.3) is 0 Å². The lowest BCUT2D eigenvalue weighted by atomic mass is 10.2. The molecule has 0 bridgehead atoms. The van der Waals surface area contributed by atoms with Gasteiger partial charge in [-0.3, -0.25) is 5.10 Å². The minimum atomic E-state index is 0.701. The van der Waals surface area contributed by atoms with E-state index in [4.69, 9.17) is 4.74 Å². The molecule has 2 aromatic heterocycles. The van der Waals surface area contributed by atoms with E-state index in [1.807, 2.05) is 30.3 Å². The smallest absolute Gasteiger partial charge is 0.145 e. The maximum atomic E-state index is 5.35. The monoisotopic (exact) mass is 268 g/mol. The fraction of sp³-hybridized carbons (Fsp3) is 0.200.